The Morgan fingerprint density at radius 3 is 2.64 bits per heavy atom. The van der Waals surface area contributed by atoms with Crippen LogP contribution >= 0.6 is 0 Å². The average molecular weight is 155 g/mol. The second-order valence-electron chi connectivity index (χ2n) is 3.01. The topological polar surface area (TPSA) is 49.7 Å². The van der Waals surface area contributed by atoms with E-state index in [1.807, 2.05) is 0 Å². The minimum absolute atomic E-state index is 0.0140. The van der Waals surface area contributed by atoms with E-state index in [2.05, 4.69) is 4.99 Å². The summed E-state index contributed by atoms with van der Waals surface area (Å²) < 4.78 is 0. The minimum Gasteiger partial charge on any atom is -0.394 e. The number of rotatable bonds is 3. The molecule has 3 nitrogen and oxygen atoms in total. The van der Waals surface area contributed by atoms with E-state index in [1.165, 1.54) is 18.9 Å². The highest BCUT2D eigenvalue weighted by Crippen LogP contribution is 2.28. The van der Waals surface area contributed by atoms with Gasteiger partial charge in [0.25, 0.3) is 0 Å². The largest absolute Gasteiger partial charge is 0.394 e. The van der Waals surface area contributed by atoms with Crippen LogP contribution in [0.5, 0.6) is 0 Å². The molecular formula is C8H13NO2. The van der Waals surface area contributed by atoms with Crippen LogP contribution in [0.2, 0.25) is 0 Å². The summed E-state index contributed by atoms with van der Waals surface area (Å²) in [5.74, 6) is 0.418. The molecule has 0 heterocycles. The van der Waals surface area contributed by atoms with E-state index in [4.69, 9.17) is 5.11 Å². The number of hydrogen-bond acceptors (Lipinski definition) is 3. The highest BCUT2D eigenvalue weighted by molar-refractivity contribution is 5.33. The molecule has 0 amide bonds. The third-order valence-electron chi connectivity index (χ3n) is 2.35. The lowest BCUT2D eigenvalue weighted by Gasteiger charge is -2.13. The van der Waals surface area contributed by atoms with Crippen LogP contribution in [0, 0.1) is 5.92 Å². The lowest BCUT2D eigenvalue weighted by Crippen LogP contribution is -2.19. The van der Waals surface area contributed by atoms with Gasteiger partial charge in [-0.15, -0.1) is 0 Å². The first-order chi connectivity index (χ1) is 5.38. The van der Waals surface area contributed by atoms with E-state index in [9.17, 15) is 4.79 Å². The fourth-order valence-corrected chi connectivity index (χ4v) is 1.71. The third kappa shape index (κ3) is 2.14. The lowest BCUT2D eigenvalue weighted by molar-refractivity contribution is 0.228. The molecule has 0 saturated heterocycles. The molecule has 1 fully saturated rings. The van der Waals surface area contributed by atoms with Gasteiger partial charge in [0.2, 0.25) is 6.08 Å². The Kier molecular flexibility index (Phi) is 3.27. The zero-order chi connectivity index (χ0) is 8.10. The van der Waals surface area contributed by atoms with Gasteiger partial charge in [-0.05, 0) is 18.8 Å². The Labute approximate surface area is 66.1 Å². The molecule has 0 aromatic rings. The molecule has 3 heteroatoms. The summed E-state index contributed by atoms with van der Waals surface area (Å²) in [5.41, 5.74) is 0. The van der Waals surface area contributed by atoms with Crippen molar-refractivity contribution in [1.82, 2.24) is 0 Å². The van der Waals surface area contributed by atoms with Crippen molar-refractivity contribution in [2.24, 2.45) is 10.9 Å². The van der Waals surface area contributed by atoms with Crippen LogP contribution in [-0.4, -0.2) is 23.8 Å². The van der Waals surface area contributed by atoms with Crippen LogP contribution in [0.1, 0.15) is 25.7 Å². The maximum atomic E-state index is 9.93. The molecule has 0 spiro atoms. The number of carbonyl (C=O) groups excluding carboxylic acids is 1. The van der Waals surface area contributed by atoms with Gasteiger partial charge in [0.05, 0.1) is 12.6 Å². The SMILES string of the molecule is O=C=N[C@H](CO)C1CCCC1. The number of aliphatic hydroxyl groups excluding tert-OH is 1. The van der Waals surface area contributed by atoms with Gasteiger partial charge >= 0.3 is 0 Å². The molecule has 1 saturated carbocycles. The Bertz CT molecular complexity index is 157. The fraction of sp³-hybridized carbons (Fsp3) is 0.875. The number of hydrogen-bond donors (Lipinski definition) is 1. The van der Waals surface area contributed by atoms with Crippen molar-refractivity contribution in [3.8, 4) is 0 Å². The molecule has 1 aliphatic rings. The van der Waals surface area contributed by atoms with Crippen molar-refractivity contribution in [3.63, 3.8) is 0 Å². The molecule has 11 heavy (non-hydrogen) atoms. The molecule has 0 aromatic carbocycles. The summed E-state index contributed by atoms with van der Waals surface area (Å²) in [4.78, 5) is 13.5. The highest BCUT2D eigenvalue weighted by Gasteiger charge is 2.23. The number of aliphatic imine (C=N–C) groups is 1. The molecule has 1 aliphatic carbocycles. The lowest BCUT2D eigenvalue weighted by atomic mass is 10.00. The van der Waals surface area contributed by atoms with Gasteiger partial charge in [-0.1, -0.05) is 12.8 Å². The first kappa shape index (κ1) is 8.44. The van der Waals surface area contributed by atoms with Crippen LogP contribution in [0.25, 0.3) is 0 Å². The van der Waals surface area contributed by atoms with Crippen LogP contribution < -0.4 is 0 Å². The van der Waals surface area contributed by atoms with Crippen LogP contribution in [0.3, 0.4) is 0 Å². The first-order valence-electron chi connectivity index (χ1n) is 4.06. The Morgan fingerprint density at radius 1 is 1.55 bits per heavy atom. The minimum atomic E-state index is -0.185. The van der Waals surface area contributed by atoms with Crippen LogP contribution in [0.15, 0.2) is 4.99 Å². The first-order valence-corrected chi connectivity index (χ1v) is 4.06. The number of aliphatic hydroxyl groups is 1. The van der Waals surface area contributed by atoms with E-state index in [-0.39, 0.29) is 12.6 Å². The summed E-state index contributed by atoms with van der Waals surface area (Å²) in [6.07, 6.45) is 6.11. The van der Waals surface area contributed by atoms with Crippen molar-refractivity contribution >= 4 is 6.08 Å². The smallest absolute Gasteiger partial charge is 0.235 e. The van der Waals surface area contributed by atoms with Gasteiger partial charge in [-0.3, -0.25) is 0 Å². The molecule has 1 N–H and O–H groups in total. The second kappa shape index (κ2) is 4.27. The van der Waals surface area contributed by atoms with Crippen molar-refractivity contribution < 1.29 is 9.90 Å². The van der Waals surface area contributed by atoms with Crippen molar-refractivity contribution in [1.29, 1.82) is 0 Å². The van der Waals surface area contributed by atoms with Gasteiger partial charge in [0, 0.05) is 0 Å². The van der Waals surface area contributed by atoms with Gasteiger partial charge in [0.1, 0.15) is 0 Å². The average Bonchev–Trinajstić information content (AvgIpc) is 2.52. The standard InChI is InChI=1S/C8H13NO2/c10-5-8(9-6-11)7-3-1-2-4-7/h7-8,10H,1-5H2/t8-/m1/s1. The molecule has 1 rings (SSSR count). The zero-order valence-corrected chi connectivity index (χ0v) is 6.49. The summed E-state index contributed by atoms with van der Waals surface area (Å²) in [7, 11) is 0. The zero-order valence-electron chi connectivity index (χ0n) is 6.49. The molecule has 62 valence electrons. The predicted octanol–water partition coefficient (Wildman–Crippen LogP) is 0.873. The maximum absolute atomic E-state index is 9.93. The van der Waals surface area contributed by atoms with Crippen molar-refractivity contribution in [2.75, 3.05) is 6.61 Å². The summed E-state index contributed by atoms with van der Waals surface area (Å²) in [5, 5.41) is 8.84. The Hall–Kier alpha value is -0.660. The molecule has 1 atom stereocenters. The second-order valence-corrected chi connectivity index (χ2v) is 3.01. The Morgan fingerprint density at radius 2 is 2.18 bits per heavy atom. The molecule has 0 aliphatic heterocycles. The quantitative estimate of drug-likeness (QED) is 0.485. The Balaban J connectivity index is 2.45. The maximum Gasteiger partial charge on any atom is 0.235 e. The molecule has 0 aromatic heterocycles. The normalized spacial score (nSPS) is 21.2. The van der Waals surface area contributed by atoms with Gasteiger partial charge < -0.3 is 5.11 Å². The number of isocyanates is 1. The van der Waals surface area contributed by atoms with Gasteiger partial charge in [-0.2, -0.15) is 4.99 Å². The van der Waals surface area contributed by atoms with E-state index in [0.29, 0.717) is 5.92 Å². The highest BCUT2D eigenvalue weighted by atomic mass is 16.3. The monoisotopic (exact) mass is 155 g/mol. The molecular weight excluding hydrogens is 142 g/mol. The van der Waals surface area contributed by atoms with E-state index in [0.717, 1.165) is 12.8 Å². The van der Waals surface area contributed by atoms with Gasteiger partial charge in [0.15, 0.2) is 0 Å². The summed E-state index contributed by atoms with van der Waals surface area (Å²) >= 11 is 0. The van der Waals surface area contributed by atoms with Crippen molar-refractivity contribution in [3.05, 3.63) is 0 Å². The summed E-state index contributed by atoms with van der Waals surface area (Å²) in [6, 6.07) is -0.185. The van der Waals surface area contributed by atoms with Crippen LogP contribution in [-0.2, 0) is 4.79 Å². The van der Waals surface area contributed by atoms with E-state index >= 15 is 0 Å². The summed E-state index contributed by atoms with van der Waals surface area (Å²) in [6.45, 7) is -0.0140. The van der Waals surface area contributed by atoms with E-state index in [1.54, 1.807) is 0 Å². The third-order valence-corrected chi connectivity index (χ3v) is 2.35. The van der Waals surface area contributed by atoms with E-state index < -0.39 is 0 Å². The predicted molar refractivity (Wildman–Crippen MR) is 41.0 cm³/mol. The van der Waals surface area contributed by atoms with Crippen molar-refractivity contribution in [2.45, 2.75) is 31.7 Å². The van der Waals surface area contributed by atoms with Crippen LogP contribution in [0.4, 0.5) is 0 Å². The molecule has 0 radical (unpaired) electrons. The number of nitrogens with zero attached hydrogens (tertiary/aromatic N) is 1. The molecule has 0 bridgehead atoms. The fourth-order valence-electron chi connectivity index (χ4n) is 1.71. The molecule has 0 unspecified atom stereocenters. The van der Waals surface area contributed by atoms with Gasteiger partial charge in [-0.25, -0.2) is 4.79 Å².